The Bertz CT molecular complexity index is 596. The van der Waals surface area contributed by atoms with Gasteiger partial charge >= 0.3 is 6.89 Å². The first kappa shape index (κ1) is 14.2. The number of hydrogen-bond donors (Lipinski definition) is 3. The third kappa shape index (κ3) is 2.46. The van der Waals surface area contributed by atoms with Crippen LogP contribution in [0.3, 0.4) is 0 Å². The second-order valence-electron chi connectivity index (χ2n) is 5.11. The topological polar surface area (TPSA) is 141 Å². The highest BCUT2D eigenvalue weighted by Crippen LogP contribution is 2.36. The van der Waals surface area contributed by atoms with Crippen molar-refractivity contribution in [2.45, 2.75) is 25.2 Å². The third-order valence-electron chi connectivity index (χ3n) is 3.60. The molecule has 0 saturated carbocycles. The van der Waals surface area contributed by atoms with Crippen molar-refractivity contribution in [3.63, 3.8) is 0 Å². The third-order valence-corrected chi connectivity index (χ3v) is 3.60. The average molecular weight is 291 g/mol. The molecule has 5 N–H and O–H groups in total. The van der Waals surface area contributed by atoms with Crippen molar-refractivity contribution in [1.29, 1.82) is 5.26 Å². The molecule has 2 saturated heterocycles. The van der Waals surface area contributed by atoms with Gasteiger partial charge in [-0.1, -0.05) is 0 Å². The van der Waals surface area contributed by atoms with Crippen molar-refractivity contribution >= 4 is 12.7 Å². The van der Waals surface area contributed by atoms with E-state index >= 15 is 0 Å². The Hall–Kier alpha value is -1.77. The summed E-state index contributed by atoms with van der Waals surface area (Å²) >= 11 is 0. The molecule has 2 fully saturated rings. The van der Waals surface area contributed by atoms with Crippen LogP contribution in [0.15, 0.2) is 6.20 Å². The average Bonchev–Trinajstić information content (AvgIpc) is 3.03. The lowest BCUT2D eigenvalue weighted by atomic mass is 9.99. The highest BCUT2D eigenvalue weighted by Gasteiger charge is 2.48. The van der Waals surface area contributed by atoms with Crippen LogP contribution in [-0.2, 0) is 14.0 Å². The molecule has 0 amide bonds. The van der Waals surface area contributed by atoms with Gasteiger partial charge < -0.3 is 30.7 Å². The summed E-state index contributed by atoms with van der Waals surface area (Å²) in [7, 11) is 0. The summed E-state index contributed by atoms with van der Waals surface area (Å²) in [5.41, 5.74) is 11.7. The van der Waals surface area contributed by atoms with Crippen LogP contribution in [0, 0.1) is 11.3 Å². The van der Waals surface area contributed by atoms with Crippen molar-refractivity contribution in [3.8, 4) is 6.07 Å². The maximum absolute atomic E-state index is 8.97. The van der Waals surface area contributed by atoms with Gasteiger partial charge in [-0.3, -0.25) is 0 Å². The minimum absolute atomic E-state index is 0.0110. The second kappa shape index (κ2) is 5.21. The summed E-state index contributed by atoms with van der Waals surface area (Å²) in [5, 5.41) is 12.1. The molecule has 1 aromatic rings. The lowest BCUT2D eigenvalue weighted by Gasteiger charge is -2.29. The van der Waals surface area contributed by atoms with Crippen molar-refractivity contribution in [2.24, 2.45) is 5.73 Å². The number of rotatable bonds is 2. The van der Waals surface area contributed by atoms with E-state index in [2.05, 4.69) is 15.2 Å². The fraction of sp³-hybridized carbons (Fsp3) is 0.545. The Balaban J connectivity index is 1.83. The number of nitrogen functional groups attached to an aromatic ring is 1. The van der Waals surface area contributed by atoms with Crippen molar-refractivity contribution < 1.29 is 14.0 Å². The minimum atomic E-state index is -2.04. The smallest absolute Gasteiger partial charge is 0.462 e. The summed E-state index contributed by atoms with van der Waals surface area (Å²) in [6.07, 6.45) is 0.679. The molecular formula is C11H16BN6O3-. The molecule has 0 aromatic carbocycles. The molecule has 10 heteroatoms. The van der Waals surface area contributed by atoms with Crippen LogP contribution >= 0.6 is 0 Å². The van der Waals surface area contributed by atoms with E-state index in [1.165, 1.54) is 6.20 Å². The zero-order valence-corrected chi connectivity index (χ0v) is 11.5. The molecule has 3 rings (SSSR count). The summed E-state index contributed by atoms with van der Waals surface area (Å²) in [4.78, 5) is 8.12. The molecule has 3 heterocycles. The van der Waals surface area contributed by atoms with Gasteiger partial charge in [-0.05, 0) is 6.92 Å². The van der Waals surface area contributed by atoms with Crippen molar-refractivity contribution in [1.82, 2.24) is 15.2 Å². The minimum Gasteiger partial charge on any atom is -0.529 e. The Morgan fingerprint density at radius 2 is 2.38 bits per heavy atom. The van der Waals surface area contributed by atoms with Gasteiger partial charge in [0, 0.05) is 25.3 Å². The molecule has 0 bridgehead atoms. The van der Waals surface area contributed by atoms with Crippen molar-refractivity contribution in [3.05, 3.63) is 17.6 Å². The molecule has 9 nitrogen and oxygen atoms in total. The van der Waals surface area contributed by atoms with Gasteiger partial charge in [-0.25, -0.2) is 9.97 Å². The summed E-state index contributed by atoms with van der Waals surface area (Å²) in [6, 6.07) is 1.89. The molecule has 1 unspecified atom stereocenters. The van der Waals surface area contributed by atoms with E-state index < -0.39 is 13.0 Å². The number of nitriles is 1. The fourth-order valence-corrected chi connectivity index (χ4v) is 2.55. The van der Waals surface area contributed by atoms with Crippen LogP contribution < -0.4 is 16.7 Å². The normalized spacial score (nSPS) is 35.2. The first-order valence-corrected chi connectivity index (χ1v) is 6.70. The predicted molar refractivity (Wildman–Crippen MR) is 73.2 cm³/mol. The van der Waals surface area contributed by atoms with E-state index in [1.807, 2.05) is 13.0 Å². The fourth-order valence-electron chi connectivity index (χ4n) is 2.55. The van der Waals surface area contributed by atoms with Gasteiger partial charge in [0.15, 0.2) is 11.5 Å². The molecule has 1 spiro atoms. The van der Waals surface area contributed by atoms with Gasteiger partial charge in [0.1, 0.15) is 6.07 Å². The monoisotopic (exact) mass is 291 g/mol. The number of nitrogens with two attached hydrogens (primary N) is 2. The zero-order chi connectivity index (χ0) is 15.0. The quantitative estimate of drug-likeness (QED) is 0.572. The molecule has 2 aliphatic rings. The number of hydrogen-bond acceptors (Lipinski definition) is 9. The lowest BCUT2D eigenvalue weighted by molar-refractivity contribution is 0.149. The van der Waals surface area contributed by atoms with Gasteiger partial charge in [0.2, 0.25) is 0 Å². The van der Waals surface area contributed by atoms with Crippen molar-refractivity contribution in [2.75, 3.05) is 18.9 Å². The Labute approximate surface area is 121 Å². The maximum atomic E-state index is 8.97. The van der Waals surface area contributed by atoms with E-state index in [0.717, 1.165) is 0 Å². The largest absolute Gasteiger partial charge is 0.529 e. The van der Waals surface area contributed by atoms with E-state index in [9.17, 15) is 0 Å². The molecule has 0 aliphatic carbocycles. The lowest BCUT2D eigenvalue weighted by Crippen LogP contribution is -2.53. The Kier molecular flexibility index (Phi) is 3.52. The van der Waals surface area contributed by atoms with Crippen LogP contribution in [-0.4, -0.2) is 42.2 Å². The highest BCUT2D eigenvalue weighted by atomic mass is 16.8. The van der Waals surface area contributed by atoms with Crippen LogP contribution in [0.25, 0.3) is 0 Å². The van der Waals surface area contributed by atoms with Gasteiger partial charge in [-0.2, -0.15) is 5.26 Å². The van der Waals surface area contributed by atoms with Crippen LogP contribution in [0.5, 0.6) is 0 Å². The van der Waals surface area contributed by atoms with Crippen LogP contribution in [0.2, 0.25) is 0 Å². The standard InChI is InChI=1S/C11H16BN6O3/c1-6-10(9-4-16-11(15)8(3-14)17-9)21-12(20-6)18-7(2-13)5-19-12/h4,6-7,10,18H,2,5,13H2,1H3,(H2,15,16)/q-1/t6-,7-,10-,12?/m0/s1. The number of anilines is 1. The highest BCUT2D eigenvalue weighted by molar-refractivity contribution is 6.59. The van der Waals surface area contributed by atoms with Crippen LogP contribution in [0.1, 0.15) is 24.4 Å². The molecule has 21 heavy (non-hydrogen) atoms. The van der Waals surface area contributed by atoms with Crippen LogP contribution in [0.4, 0.5) is 5.82 Å². The Morgan fingerprint density at radius 3 is 3.05 bits per heavy atom. The maximum Gasteiger partial charge on any atom is 0.462 e. The van der Waals surface area contributed by atoms with E-state index in [0.29, 0.717) is 18.8 Å². The molecule has 0 radical (unpaired) electrons. The predicted octanol–water partition coefficient (Wildman–Crippen LogP) is -1.21. The number of nitrogens with zero attached hydrogens (tertiary/aromatic N) is 3. The van der Waals surface area contributed by atoms with E-state index in [-0.39, 0.29) is 23.7 Å². The molecule has 4 atom stereocenters. The first-order valence-electron chi connectivity index (χ1n) is 6.70. The van der Waals surface area contributed by atoms with Gasteiger partial charge in [-0.15, -0.1) is 0 Å². The number of aromatic nitrogens is 2. The van der Waals surface area contributed by atoms with Gasteiger partial charge in [0.05, 0.1) is 18.0 Å². The second-order valence-corrected chi connectivity index (χ2v) is 5.11. The zero-order valence-electron chi connectivity index (χ0n) is 11.5. The van der Waals surface area contributed by atoms with E-state index in [1.54, 1.807) is 0 Å². The molecule has 2 aliphatic heterocycles. The van der Waals surface area contributed by atoms with Gasteiger partial charge in [0.25, 0.3) is 0 Å². The summed E-state index contributed by atoms with van der Waals surface area (Å²) in [6.45, 7) is 0.654. The summed E-state index contributed by atoms with van der Waals surface area (Å²) in [5.74, 6) is 0.0893. The Morgan fingerprint density at radius 1 is 1.57 bits per heavy atom. The molecule has 1 aromatic heterocycles. The first-order chi connectivity index (χ1) is 10.1. The number of nitrogens with one attached hydrogen (secondary N) is 1. The van der Waals surface area contributed by atoms with E-state index in [4.69, 9.17) is 30.7 Å². The summed E-state index contributed by atoms with van der Waals surface area (Å²) < 4.78 is 17.3. The molecular weight excluding hydrogens is 275 g/mol. The SMILES string of the molecule is C[C@@H]1O[B-]2(N[C@@H](CN)CO2)O[C@@H]1c1cnc(N)c(C#N)n1. The molecule has 112 valence electrons.